The molecular formula is C23H24N2O5. The summed E-state index contributed by atoms with van der Waals surface area (Å²) in [5.41, 5.74) is 2.49. The summed E-state index contributed by atoms with van der Waals surface area (Å²) >= 11 is 0. The molecule has 0 spiro atoms. The molecule has 0 saturated carbocycles. The monoisotopic (exact) mass is 408 g/mol. The van der Waals surface area contributed by atoms with Crippen LogP contribution in [0.25, 0.3) is 0 Å². The van der Waals surface area contributed by atoms with E-state index in [-0.39, 0.29) is 30.7 Å². The van der Waals surface area contributed by atoms with Crippen LogP contribution < -0.4 is 5.32 Å². The van der Waals surface area contributed by atoms with E-state index in [0.29, 0.717) is 42.6 Å². The second kappa shape index (κ2) is 9.82. The second-order valence-electron chi connectivity index (χ2n) is 7.14. The summed E-state index contributed by atoms with van der Waals surface area (Å²) in [7, 11) is 0. The van der Waals surface area contributed by atoms with Gasteiger partial charge in [-0.15, -0.1) is 0 Å². The number of nitrogens with zero attached hydrogens (tertiary/aromatic N) is 1. The van der Waals surface area contributed by atoms with Gasteiger partial charge in [-0.1, -0.05) is 36.8 Å². The maximum Gasteiger partial charge on any atom is 0.306 e. The van der Waals surface area contributed by atoms with Crippen LogP contribution in [-0.2, 0) is 14.3 Å². The fourth-order valence-corrected chi connectivity index (χ4v) is 3.28. The number of ether oxygens (including phenoxy) is 1. The van der Waals surface area contributed by atoms with E-state index in [1.54, 1.807) is 30.3 Å². The van der Waals surface area contributed by atoms with Gasteiger partial charge in [-0.3, -0.25) is 24.1 Å². The number of unbranched alkanes of at least 4 members (excludes halogenated alkanes) is 2. The lowest BCUT2D eigenvalue weighted by molar-refractivity contribution is -0.147. The smallest absolute Gasteiger partial charge is 0.306 e. The summed E-state index contributed by atoms with van der Waals surface area (Å²) in [6.45, 7) is 1.87. The first kappa shape index (κ1) is 21.2. The van der Waals surface area contributed by atoms with E-state index in [4.69, 9.17) is 4.74 Å². The molecule has 0 bridgehead atoms. The van der Waals surface area contributed by atoms with Crippen molar-refractivity contribution in [2.75, 3.05) is 18.5 Å². The number of aryl methyl sites for hydroxylation is 1. The first-order valence-corrected chi connectivity index (χ1v) is 9.93. The Hall–Kier alpha value is -3.48. The summed E-state index contributed by atoms with van der Waals surface area (Å²) in [4.78, 5) is 49.5. The van der Waals surface area contributed by atoms with E-state index in [9.17, 15) is 19.2 Å². The lowest BCUT2D eigenvalue weighted by atomic mass is 10.1. The molecule has 7 heteroatoms. The van der Waals surface area contributed by atoms with Crippen LogP contribution in [0.1, 0.15) is 52.0 Å². The number of benzene rings is 2. The van der Waals surface area contributed by atoms with Crippen molar-refractivity contribution in [2.24, 2.45) is 0 Å². The maximum absolute atomic E-state index is 12.3. The van der Waals surface area contributed by atoms with E-state index < -0.39 is 5.97 Å². The summed E-state index contributed by atoms with van der Waals surface area (Å²) in [6, 6.07) is 14.1. The van der Waals surface area contributed by atoms with Crippen LogP contribution in [0.3, 0.4) is 0 Å². The number of hydrogen-bond acceptors (Lipinski definition) is 5. The van der Waals surface area contributed by atoms with E-state index in [2.05, 4.69) is 5.32 Å². The fraction of sp³-hybridized carbons (Fsp3) is 0.304. The van der Waals surface area contributed by atoms with Gasteiger partial charge in [0.1, 0.15) is 0 Å². The molecule has 2 aromatic carbocycles. The van der Waals surface area contributed by atoms with Gasteiger partial charge < -0.3 is 10.1 Å². The minimum atomic E-state index is -0.448. The van der Waals surface area contributed by atoms with Gasteiger partial charge >= 0.3 is 5.97 Å². The van der Waals surface area contributed by atoms with Gasteiger partial charge in [-0.05, 0) is 43.5 Å². The average molecular weight is 408 g/mol. The highest BCUT2D eigenvalue weighted by Gasteiger charge is 2.34. The van der Waals surface area contributed by atoms with Crippen molar-refractivity contribution >= 4 is 29.4 Å². The molecule has 0 fully saturated rings. The first-order chi connectivity index (χ1) is 14.5. The van der Waals surface area contributed by atoms with Crippen LogP contribution in [0, 0.1) is 6.92 Å². The molecule has 0 atom stereocenters. The normalized spacial score (nSPS) is 12.6. The number of nitrogens with one attached hydrogen (secondary N) is 1. The number of para-hydroxylation sites is 1. The number of anilines is 1. The Kier molecular flexibility index (Phi) is 6.95. The molecule has 7 nitrogen and oxygen atoms in total. The Morgan fingerprint density at radius 3 is 2.20 bits per heavy atom. The average Bonchev–Trinajstić information content (AvgIpc) is 2.98. The Morgan fingerprint density at radius 1 is 0.900 bits per heavy atom. The molecule has 2 aromatic rings. The highest BCUT2D eigenvalue weighted by Crippen LogP contribution is 2.22. The van der Waals surface area contributed by atoms with Crippen LogP contribution in [0.15, 0.2) is 48.5 Å². The topological polar surface area (TPSA) is 92.8 Å². The lowest BCUT2D eigenvalue weighted by Crippen LogP contribution is -2.30. The van der Waals surface area contributed by atoms with Crippen molar-refractivity contribution in [3.63, 3.8) is 0 Å². The molecule has 156 valence electrons. The zero-order valence-electron chi connectivity index (χ0n) is 16.8. The Morgan fingerprint density at radius 2 is 1.53 bits per heavy atom. The molecule has 3 rings (SSSR count). The van der Waals surface area contributed by atoms with Crippen LogP contribution in [0.2, 0.25) is 0 Å². The van der Waals surface area contributed by atoms with Gasteiger partial charge in [0, 0.05) is 18.7 Å². The third kappa shape index (κ3) is 5.11. The number of carbonyl (C=O) groups is 4. The van der Waals surface area contributed by atoms with E-state index in [0.717, 1.165) is 5.56 Å². The Labute approximate surface area is 175 Å². The van der Waals surface area contributed by atoms with Gasteiger partial charge in [0.2, 0.25) is 0 Å². The van der Waals surface area contributed by atoms with E-state index in [1.165, 1.54) is 4.90 Å². The van der Waals surface area contributed by atoms with Crippen molar-refractivity contribution in [1.29, 1.82) is 0 Å². The van der Waals surface area contributed by atoms with Crippen molar-refractivity contribution in [2.45, 2.75) is 32.6 Å². The largest absolute Gasteiger partial charge is 0.456 e. The third-order valence-electron chi connectivity index (χ3n) is 4.92. The van der Waals surface area contributed by atoms with Crippen LogP contribution >= 0.6 is 0 Å². The van der Waals surface area contributed by atoms with Gasteiger partial charge in [0.15, 0.2) is 6.61 Å². The Balaban J connectivity index is 1.31. The van der Waals surface area contributed by atoms with Crippen LogP contribution in [0.4, 0.5) is 5.69 Å². The molecule has 3 amide bonds. The highest BCUT2D eigenvalue weighted by atomic mass is 16.5. The summed E-state index contributed by atoms with van der Waals surface area (Å²) < 4.78 is 5.00. The number of carbonyl (C=O) groups excluding carboxylic acids is 4. The summed E-state index contributed by atoms with van der Waals surface area (Å²) in [5.74, 6) is -1.37. The van der Waals surface area contributed by atoms with E-state index >= 15 is 0 Å². The SMILES string of the molecule is Cc1ccccc1NC(=O)COC(=O)CCCCCN1C(=O)c2ccccc2C1=O. The van der Waals surface area contributed by atoms with Gasteiger partial charge in [0.25, 0.3) is 17.7 Å². The quantitative estimate of drug-likeness (QED) is 0.390. The predicted octanol–water partition coefficient (Wildman–Crippen LogP) is 3.33. The molecule has 1 N–H and O–H groups in total. The molecule has 1 heterocycles. The molecule has 1 aliphatic rings. The van der Waals surface area contributed by atoms with Gasteiger partial charge in [0.05, 0.1) is 11.1 Å². The van der Waals surface area contributed by atoms with E-state index in [1.807, 2.05) is 25.1 Å². The fourth-order valence-electron chi connectivity index (χ4n) is 3.28. The number of hydrogen-bond donors (Lipinski definition) is 1. The molecule has 0 unspecified atom stereocenters. The summed E-state index contributed by atoms with van der Waals surface area (Å²) in [6.07, 6.45) is 2.01. The molecule has 30 heavy (non-hydrogen) atoms. The number of rotatable bonds is 9. The van der Waals surface area contributed by atoms with Crippen molar-refractivity contribution in [1.82, 2.24) is 4.90 Å². The molecule has 0 saturated heterocycles. The zero-order chi connectivity index (χ0) is 21.5. The maximum atomic E-state index is 12.3. The van der Waals surface area contributed by atoms with Crippen LogP contribution in [0.5, 0.6) is 0 Å². The molecule has 0 aliphatic carbocycles. The standard InChI is InChI=1S/C23H24N2O5/c1-16-9-4-7-12-19(16)24-20(26)15-30-21(27)13-3-2-8-14-25-22(28)17-10-5-6-11-18(17)23(25)29/h4-7,9-12H,2-3,8,13-15H2,1H3,(H,24,26). The first-order valence-electron chi connectivity index (χ1n) is 9.93. The second-order valence-corrected chi connectivity index (χ2v) is 7.14. The zero-order valence-corrected chi connectivity index (χ0v) is 16.8. The van der Waals surface area contributed by atoms with Crippen LogP contribution in [-0.4, -0.2) is 41.7 Å². The van der Waals surface area contributed by atoms with Gasteiger partial charge in [-0.25, -0.2) is 0 Å². The third-order valence-corrected chi connectivity index (χ3v) is 4.92. The number of imide groups is 1. The molecule has 0 radical (unpaired) electrons. The number of amides is 3. The Bertz CT molecular complexity index is 935. The van der Waals surface area contributed by atoms with Gasteiger partial charge in [-0.2, -0.15) is 0 Å². The highest BCUT2D eigenvalue weighted by molar-refractivity contribution is 6.21. The molecule has 0 aromatic heterocycles. The van der Waals surface area contributed by atoms with Crippen molar-refractivity contribution < 1.29 is 23.9 Å². The number of fused-ring (bicyclic) bond motifs is 1. The molecule has 1 aliphatic heterocycles. The van der Waals surface area contributed by atoms with Crippen molar-refractivity contribution in [3.8, 4) is 0 Å². The number of esters is 1. The minimum absolute atomic E-state index is 0.180. The summed E-state index contributed by atoms with van der Waals surface area (Å²) in [5, 5.41) is 2.70. The molecular weight excluding hydrogens is 384 g/mol. The minimum Gasteiger partial charge on any atom is -0.456 e. The predicted molar refractivity (Wildman–Crippen MR) is 111 cm³/mol. The lowest BCUT2D eigenvalue weighted by Gasteiger charge is -2.13. The van der Waals surface area contributed by atoms with Crippen molar-refractivity contribution in [3.05, 3.63) is 65.2 Å².